The van der Waals surface area contributed by atoms with Crippen molar-refractivity contribution in [2.24, 2.45) is 0 Å². The zero-order chi connectivity index (χ0) is 15.4. The van der Waals surface area contributed by atoms with Gasteiger partial charge in [0.2, 0.25) is 5.91 Å². The highest BCUT2D eigenvalue weighted by molar-refractivity contribution is 5.83. The molecule has 0 spiro atoms. The third kappa shape index (κ3) is 3.33. The highest BCUT2D eigenvalue weighted by atomic mass is 16.2. The number of hydrogen-bond acceptors (Lipinski definition) is 2. The fourth-order valence-corrected chi connectivity index (χ4v) is 3.24. The van der Waals surface area contributed by atoms with Gasteiger partial charge in [0.15, 0.2) is 0 Å². The Morgan fingerprint density at radius 1 is 1.18 bits per heavy atom. The van der Waals surface area contributed by atoms with E-state index in [1.165, 1.54) is 16.5 Å². The Morgan fingerprint density at radius 3 is 2.73 bits per heavy atom. The van der Waals surface area contributed by atoms with E-state index in [0.717, 1.165) is 45.6 Å². The van der Waals surface area contributed by atoms with Crippen LogP contribution in [0.4, 0.5) is 0 Å². The molecule has 3 rings (SSSR count). The smallest absolute Gasteiger partial charge is 0.222 e. The minimum Gasteiger partial charge on any atom is -0.361 e. The van der Waals surface area contributed by atoms with Crippen molar-refractivity contribution in [3.8, 4) is 0 Å². The molecule has 0 radical (unpaired) electrons. The van der Waals surface area contributed by atoms with Gasteiger partial charge in [-0.15, -0.1) is 0 Å². The summed E-state index contributed by atoms with van der Waals surface area (Å²) in [7, 11) is 0. The number of aromatic nitrogens is 1. The number of aromatic amines is 1. The first-order valence-electron chi connectivity index (χ1n) is 8.33. The van der Waals surface area contributed by atoms with E-state index < -0.39 is 0 Å². The van der Waals surface area contributed by atoms with Gasteiger partial charge >= 0.3 is 0 Å². The second-order valence-corrected chi connectivity index (χ2v) is 6.03. The van der Waals surface area contributed by atoms with E-state index in [9.17, 15) is 4.79 Å². The summed E-state index contributed by atoms with van der Waals surface area (Å²) in [6.07, 6.45) is 4.63. The number of rotatable bonds is 5. The minimum absolute atomic E-state index is 0.315. The molecule has 1 aromatic heterocycles. The predicted octanol–water partition coefficient (Wildman–Crippen LogP) is 2.65. The van der Waals surface area contributed by atoms with Crippen molar-refractivity contribution in [2.75, 3.05) is 32.7 Å². The van der Waals surface area contributed by atoms with Crippen LogP contribution in [-0.4, -0.2) is 53.4 Å². The number of piperazine rings is 1. The van der Waals surface area contributed by atoms with Crippen molar-refractivity contribution in [2.45, 2.75) is 26.2 Å². The summed E-state index contributed by atoms with van der Waals surface area (Å²) in [6, 6.07) is 8.35. The third-order valence-electron chi connectivity index (χ3n) is 4.68. The molecule has 0 saturated carbocycles. The van der Waals surface area contributed by atoms with Crippen LogP contribution in [0.2, 0.25) is 0 Å². The highest BCUT2D eigenvalue weighted by Gasteiger charge is 2.19. The van der Waals surface area contributed by atoms with Crippen molar-refractivity contribution >= 4 is 16.8 Å². The molecular formula is C18H25N3O. The van der Waals surface area contributed by atoms with Crippen LogP contribution in [0.15, 0.2) is 30.5 Å². The lowest BCUT2D eigenvalue weighted by molar-refractivity contribution is -0.133. The predicted molar refractivity (Wildman–Crippen MR) is 89.9 cm³/mol. The molecule has 1 aliphatic heterocycles. The van der Waals surface area contributed by atoms with E-state index in [4.69, 9.17) is 0 Å². The molecule has 0 unspecified atom stereocenters. The summed E-state index contributed by atoms with van der Waals surface area (Å²) < 4.78 is 0. The summed E-state index contributed by atoms with van der Waals surface area (Å²) in [5.41, 5.74) is 2.50. The maximum Gasteiger partial charge on any atom is 0.222 e. The SMILES string of the molecule is CCN1CCN(C(=O)CCCc2c[nH]c3ccccc23)CC1. The number of benzene rings is 1. The van der Waals surface area contributed by atoms with Crippen molar-refractivity contribution in [3.05, 3.63) is 36.0 Å². The lowest BCUT2D eigenvalue weighted by Crippen LogP contribution is -2.48. The first-order chi connectivity index (χ1) is 10.8. The number of nitrogens with one attached hydrogen (secondary N) is 1. The largest absolute Gasteiger partial charge is 0.361 e. The van der Waals surface area contributed by atoms with Crippen molar-refractivity contribution in [1.29, 1.82) is 0 Å². The normalized spacial score (nSPS) is 16.3. The van der Waals surface area contributed by atoms with Crippen molar-refractivity contribution < 1.29 is 4.79 Å². The van der Waals surface area contributed by atoms with Crippen LogP contribution in [0.25, 0.3) is 10.9 Å². The van der Waals surface area contributed by atoms with Crippen molar-refractivity contribution in [1.82, 2.24) is 14.8 Å². The lowest BCUT2D eigenvalue weighted by atomic mass is 10.1. The molecule has 1 aliphatic rings. The Hall–Kier alpha value is -1.81. The Morgan fingerprint density at radius 2 is 1.95 bits per heavy atom. The van der Waals surface area contributed by atoms with Gasteiger partial charge in [0.25, 0.3) is 0 Å². The molecular weight excluding hydrogens is 274 g/mol. The summed E-state index contributed by atoms with van der Waals surface area (Å²) in [5.74, 6) is 0.315. The van der Waals surface area contributed by atoms with Crippen LogP contribution >= 0.6 is 0 Å². The quantitative estimate of drug-likeness (QED) is 0.922. The van der Waals surface area contributed by atoms with Gasteiger partial charge in [-0.05, 0) is 31.0 Å². The topological polar surface area (TPSA) is 39.3 Å². The molecule has 1 aromatic carbocycles. The molecule has 1 fully saturated rings. The van der Waals surface area contributed by atoms with Crippen LogP contribution in [-0.2, 0) is 11.2 Å². The molecule has 1 N–H and O–H groups in total. The number of H-pyrrole nitrogens is 1. The van der Waals surface area contributed by atoms with E-state index >= 15 is 0 Å². The van der Waals surface area contributed by atoms with Crippen molar-refractivity contribution in [3.63, 3.8) is 0 Å². The lowest BCUT2D eigenvalue weighted by Gasteiger charge is -2.34. The number of para-hydroxylation sites is 1. The number of carbonyl (C=O) groups excluding carboxylic acids is 1. The Labute approximate surface area is 132 Å². The average molecular weight is 299 g/mol. The number of aryl methyl sites for hydroxylation is 1. The minimum atomic E-state index is 0.315. The first-order valence-corrected chi connectivity index (χ1v) is 8.33. The van der Waals surface area contributed by atoms with Gasteiger partial charge in [-0.2, -0.15) is 0 Å². The van der Waals surface area contributed by atoms with E-state index in [1.54, 1.807) is 0 Å². The molecule has 22 heavy (non-hydrogen) atoms. The number of likely N-dealkylation sites (N-methyl/N-ethyl adjacent to an activating group) is 1. The van der Waals surface area contributed by atoms with Gasteiger partial charge in [0.05, 0.1) is 0 Å². The maximum absolute atomic E-state index is 12.3. The van der Waals surface area contributed by atoms with Gasteiger partial charge in [-0.3, -0.25) is 4.79 Å². The summed E-state index contributed by atoms with van der Waals surface area (Å²) in [6.45, 7) is 7.08. The van der Waals surface area contributed by atoms with Crippen LogP contribution in [0.3, 0.4) is 0 Å². The van der Waals surface area contributed by atoms with Gasteiger partial charge in [0.1, 0.15) is 0 Å². The number of carbonyl (C=O) groups is 1. The fourth-order valence-electron chi connectivity index (χ4n) is 3.24. The first kappa shape index (κ1) is 15.1. The standard InChI is InChI=1S/C18H25N3O/c1-2-20-10-12-21(13-11-20)18(22)9-5-6-15-14-19-17-8-4-3-7-16(15)17/h3-4,7-8,14,19H,2,5-6,9-13H2,1H3. The molecule has 4 nitrogen and oxygen atoms in total. The highest BCUT2D eigenvalue weighted by Crippen LogP contribution is 2.19. The van der Waals surface area contributed by atoms with E-state index in [0.29, 0.717) is 12.3 Å². The zero-order valence-electron chi connectivity index (χ0n) is 13.3. The van der Waals surface area contributed by atoms with Crippen LogP contribution in [0, 0.1) is 0 Å². The second-order valence-electron chi connectivity index (χ2n) is 6.03. The van der Waals surface area contributed by atoms with Crippen LogP contribution < -0.4 is 0 Å². The fraction of sp³-hybridized carbons (Fsp3) is 0.500. The molecule has 2 heterocycles. The molecule has 4 heteroatoms. The number of amides is 1. The molecule has 118 valence electrons. The molecule has 0 aliphatic carbocycles. The summed E-state index contributed by atoms with van der Waals surface area (Å²) >= 11 is 0. The number of hydrogen-bond donors (Lipinski definition) is 1. The van der Waals surface area contributed by atoms with Gasteiger partial charge < -0.3 is 14.8 Å². The van der Waals surface area contributed by atoms with Crippen LogP contribution in [0.5, 0.6) is 0 Å². The zero-order valence-corrected chi connectivity index (χ0v) is 13.3. The monoisotopic (exact) mass is 299 g/mol. The van der Waals surface area contributed by atoms with E-state index in [2.05, 4.69) is 41.2 Å². The Balaban J connectivity index is 1.48. The average Bonchev–Trinajstić information content (AvgIpc) is 2.98. The Kier molecular flexibility index (Phi) is 4.78. The van der Waals surface area contributed by atoms with E-state index in [-0.39, 0.29) is 0 Å². The summed E-state index contributed by atoms with van der Waals surface area (Å²) in [5, 5.41) is 1.28. The third-order valence-corrected chi connectivity index (χ3v) is 4.68. The van der Waals surface area contributed by atoms with Gasteiger partial charge in [-0.1, -0.05) is 25.1 Å². The molecule has 1 amide bonds. The molecule has 2 aromatic rings. The van der Waals surface area contributed by atoms with E-state index in [1.807, 2.05) is 11.0 Å². The number of fused-ring (bicyclic) bond motifs is 1. The number of nitrogens with zero attached hydrogens (tertiary/aromatic N) is 2. The van der Waals surface area contributed by atoms with Crippen LogP contribution in [0.1, 0.15) is 25.3 Å². The molecule has 1 saturated heterocycles. The van der Waals surface area contributed by atoms with Gasteiger partial charge in [0, 0.05) is 49.7 Å². The summed E-state index contributed by atoms with van der Waals surface area (Å²) in [4.78, 5) is 20.0. The molecule has 0 atom stereocenters. The molecule has 0 bridgehead atoms. The maximum atomic E-state index is 12.3. The second kappa shape index (κ2) is 6.97. The van der Waals surface area contributed by atoms with Gasteiger partial charge in [-0.25, -0.2) is 0 Å². The Bertz CT molecular complexity index is 626.